The van der Waals surface area contributed by atoms with Crippen LogP contribution in [0, 0.1) is 18.3 Å². The highest BCUT2D eigenvalue weighted by Crippen LogP contribution is 2.31. The van der Waals surface area contributed by atoms with Gasteiger partial charge >= 0.3 is 11.9 Å². The molecule has 0 saturated carbocycles. The second kappa shape index (κ2) is 11.6. The number of halogens is 1. The fraction of sp³-hybridized carbons (Fsp3) is 0.231. The van der Waals surface area contributed by atoms with Crippen LogP contribution >= 0.6 is 22.9 Å². The molecule has 0 aliphatic carbocycles. The third-order valence-corrected chi connectivity index (χ3v) is 6.47. The van der Waals surface area contributed by atoms with E-state index in [1.807, 2.05) is 6.07 Å². The van der Waals surface area contributed by atoms with Crippen molar-refractivity contribution in [1.82, 2.24) is 0 Å². The van der Waals surface area contributed by atoms with Crippen LogP contribution in [-0.4, -0.2) is 30.9 Å². The maximum Gasteiger partial charge on any atom is 0.348 e. The molecule has 0 atom stereocenters. The van der Waals surface area contributed by atoms with Gasteiger partial charge in [-0.2, -0.15) is 5.26 Å². The molecule has 0 unspecified atom stereocenters. The smallest absolute Gasteiger partial charge is 0.348 e. The predicted molar refractivity (Wildman–Crippen MR) is 132 cm³/mol. The molecule has 0 fully saturated rings. The average Bonchev–Trinajstić information content (AvgIpc) is 3.42. The van der Waals surface area contributed by atoms with Crippen LogP contribution in [0.25, 0.3) is 17.4 Å². The van der Waals surface area contributed by atoms with Crippen LogP contribution in [0.4, 0.5) is 0 Å². The lowest BCUT2D eigenvalue weighted by Crippen LogP contribution is -2.12. The monoisotopic (exact) mass is 511 g/mol. The lowest BCUT2D eigenvalue weighted by molar-refractivity contribution is -0.114. The van der Waals surface area contributed by atoms with Gasteiger partial charge in [0.05, 0.1) is 24.4 Å². The van der Waals surface area contributed by atoms with Gasteiger partial charge in [-0.3, -0.25) is 4.79 Å². The molecule has 180 valence electrons. The molecule has 3 aromatic rings. The minimum atomic E-state index is -0.638. The summed E-state index contributed by atoms with van der Waals surface area (Å²) in [5.41, 5.74) is 1.17. The van der Waals surface area contributed by atoms with E-state index in [-0.39, 0.29) is 35.6 Å². The Labute approximate surface area is 211 Å². The van der Waals surface area contributed by atoms with Crippen molar-refractivity contribution >= 4 is 46.7 Å². The van der Waals surface area contributed by atoms with E-state index in [0.29, 0.717) is 27.0 Å². The van der Waals surface area contributed by atoms with Crippen molar-refractivity contribution in [3.63, 3.8) is 0 Å². The molecule has 35 heavy (non-hydrogen) atoms. The van der Waals surface area contributed by atoms with Crippen molar-refractivity contribution in [1.29, 1.82) is 5.26 Å². The summed E-state index contributed by atoms with van der Waals surface area (Å²) in [6.45, 7) is 5.24. The lowest BCUT2D eigenvalue weighted by Gasteiger charge is -2.05. The normalized spacial score (nSPS) is 11.1. The molecule has 0 N–H and O–H groups in total. The zero-order chi connectivity index (χ0) is 25.5. The Bertz CT molecular complexity index is 1330. The number of rotatable bonds is 9. The largest absolute Gasteiger partial charge is 0.462 e. The number of hydrogen-bond acceptors (Lipinski definition) is 8. The van der Waals surface area contributed by atoms with Gasteiger partial charge in [0.15, 0.2) is 5.78 Å². The first-order valence-electron chi connectivity index (χ1n) is 10.8. The number of benzene rings is 1. The Balaban J connectivity index is 1.90. The van der Waals surface area contributed by atoms with Crippen LogP contribution in [0.5, 0.6) is 0 Å². The van der Waals surface area contributed by atoms with Crippen LogP contribution in [0.2, 0.25) is 5.02 Å². The highest BCUT2D eigenvalue weighted by molar-refractivity contribution is 7.14. The Hall–Kier alpha value is -3.67. The van der Waals surface area contributed by atoms with E-state index in [1.54, 1.807) is 57.2 Å². The van der Waals surface area contributed by atoms with Crippen molar-refractivity contribution in [2.75, 3.05) is 13.2 Å². The number of carbonyl (C=O) groups is 3. The standard InChI is InChI=1S/C26H22ClNO6S/c1-4-32-25(30)23-15(3)24(26(31)33-5-2)35-22(23)13-20(29)17(14-28)12-19-10-11-21(34-19)16-6-8-18(27)9-7-16/h6-12H,4-5,13H2,1-3H3/b17-12+. The minimum absolute atomic E-state index is 0.133. The highest BCUT2D eigenvalue weighted by Gasteiger charge is 2.28. The van der Waals surface area contributed by atoms with Crippen molar-refractivity contribution in [3.05, 3.63) is 73.6 Å². The van der Waals surface area contributed by atoms with Gasteiger partial charge in [0.1, 0.15) is 22.5 Å². The highest BCUT2D eigenvalue weighted by atomic mass is 35.5. The van der Waals surface area contributed by atoms with E-state index < -0.39 is 17.7 Å². The first-order valence-corrected chi connectivity index (χ1v) is 12.0. The Morgan fingerprint density at radius 2 is 1.71 bits per heavy atom. The first kappa shape index (κ1) is 25.9. The quantitative estimate of drug-likeness (QED) is 0.196. The number of hydrogen-bond donors (Lipinski definition) is 0. The molecule has 7 nitrogen and oxygen atoms in total. The number of allylic oxidation sites excluding steroid dienone is 1. The summed E-state index contributed by atoms with van der Waals surface area (Å²) in [4.78, 5) is 38.5. The van der Waals surface area contributed by atoms with E-state index in [2.05, 4.69) is 0 Å². The molecule has 9 heteroatoms. The van der Waals surface area contributed by atoms with E-state index in [1.165, 1.54) is 6.08 Å². The molecule has 0 aliphatic heterocycles. The zero-order valence-corrected chi connectivity index (χ0v) is 20.9. The van der Waals surface area contributed by atoms with E-state index >= 15 is 0 Å². The number of nitriles is 1. The molecule has 0 radical (unpaired) electrons. The number of furan rings is 1. The van der Waals surface area contributed by atoms with Crippen molar-refractivity contribution < 1.29 is 28.3 Å². The molecule has 0 spiro atoms. The Kier molecular flexibility index (Phi) is 8.63. The van der Waals surface area contributed by atoms with Gasteiger partial charge < -0.3 is 13.9 Å². The average molecular weight is 512 g/mol. The van der Waals surface area contributed by atoms with E-state index in [4.69, 9.17) is 25.5 Å². The molecular weight excluding hydrogens is 490 g/mol. The van der Waals surface area contributed by atoms with Crippen LogP contribution < -0.4 is 0 Å². The molecule has 1 aromatic carbocycles. The third-order valence-electron chi connectivity index (χ3n) is 4.94. The number of carbonyl (C=O) groups excluding carboxylic acids is 3. The van der Waals surface area contributed by atoms with Crippen LogP contribution in [0.15, 0.2) is 46.4 Å². The summed E-state index contributed by atoms with van der Waals surface area (Å²) in [7, 11) is 0. The summed E-state index contributed by atoms with van der Waals surface area (Å²) in [6, 6.07) is 12.3. The van der Waals surface area contributed by atoms with Crippen molar-refractivity contribution in [2.24, 2.45) is 0 Å². The van der Waals surface area contributed by atoms with Gasteiger partial charge in [-0.1, -0.05) is 11.6 Å². The Morgan fingerprint density at radius 1 is 1.06 bits per heavy atom. The van der Waals surface area contributed by atoms with Crippen LogP contribution in [0.1, 0.15) is 50.1 Å². The SMILES string of the molecule is CCOC(=O)c1sc(CC(=O)/C(C#N)=C/c2ccc(-c3ccc(Cl)cc3)o2)c(C(=O)OCC)c1C. The number of Topliss-reactive ketones (excluding diaryl/α,β-unsaturated/α-hetero) is 1. The molecule has 0 amide bonds. The minimum Gasteiger partial charge on any atom is -0.462 e. The summed E-state index contributed by atoms with van der Waals surface area (Å²) >= 11 is 6.90. The van der Waals surface area contributed by atoms with Gasteiger partial charge in [-0.25, -0.2) is 9.59 Å². The summed E-state index contributed by atoms with van der Waals surface area (Å²) in [5, 5.41) is 10.2. The number of ketones is 1. The van der Waals surface area contributed by atoms with Gasteiger partial charge in [0.25, 0.3) is 0 Å². The van der Waals surface area contributed by atoms with Gasteiger partial charge in [0, 0.05) is 28.0 Å². The number of esters is 2. The summed E-state index contributed by atoms with van der Waals surface area (Å²) in [6.07, 6.45) is 1.09. The summed E-state index contributed by atoms with van der Waals surface area (Å²) in [5.74, 6) is -0.879. The Morgan fingerprint density at radius 3 is 2.34 bits per heavy atom. The van der Waals surface area contributed by atoms with Crippen LogP contribution in [-0.2, 0) is 20.7 Å². The van der Waals surface area contributed by atoms with Crippen molar-refractivity contribution in [2.45, 2.75) is 27.2 Å². The van der Waals surface area contributed by atoms with Crippen LogP contribution in [0.3, 0.4) is 0 Å². The number of thiophene rings is 1. The number of ether oxygens (including phenoxy) is 2. The molecule has 2 aromatic heterocycles. The first-order chi connectivity index (χ1) is 16.8. The fourth-order valence-electron chi connectivity index (χ4n) is 3.32. The van der Waals surface area contributed by atoms with Gasteiger partial charge in [-0.05, 0) is 62.7 Å². The maximum absolute atomic E-state index is 13.0. The molecule has 0 saturated heterocycles. The van der Waals surface area contributed by atoms with Gasteiger partial charge in [-0.15, -0.1) is 11.3 Å². The van der Waals surface area contributed by atoms with E-state index in [9.17, 15) is 19.6 Å². The lowest BCUT2D eigenvalue weighted by atomic mass is 10.0. The van der Waals surface area contributed by atoms with Gasteiger partial charge in [0.2, 0.25) is 0 Å². The molecule has 0 aliphatic rings. The maximum atomic E-state index is 13.0. The molecule has 2 heterocycles. The number of nitrogens with zero attached hydrogens (tertiary/aromatic N) is 1. The fourth-order valence-corrected chi connectivity index (χ4v) is 4.63. The molecule has 3 rings (SSSR count). The molecule has 0 bridgehead atoms. The second-order valence-electron chi connectivity index (χ2n) is 7.27. The second-order valence-corrected chi connectivity index (χ2v) is 8.82. The van der Waals surface area contributed by atoms with Crippen molar-refractivity contribution in [3.8, 4) is 17.4 Å². The third kappa shape index (κ3) is 6.07. The topological polar surface area (TPSA) is 107 Å². The molecular formula is C26H22ClNO6S. The zero-order valence-electron chi connectivity index (χ0n) is 19.3. The summed E-state index contributed by atoms with van der Waals surface area (Å²) < 4.78 is 15.9. The predicted octanol–water partition coefficient (Wildman–Crippen LogP) is 6.04. The van der Waals surface area contributed by atoms with E-state index in [0.717, 1.165) is 16.9 Å².